The quantitative estimate of drug-likeness (QED) is 0.667. The van der Waals surface area contributed by atoms with Crippen molar-refractivity contribution in [3.05, 3.63) is 78.4 Å². The van der Waals surface area contributed by atoms with E-state index in [-0.39, 0.29) is 17.8 Å². The summed E-state index contributed by atoms with van der Waals surface area (Å²) >= 11 is 0. The van der Waals surface area contributed by atoms with E-state index < -0.39 is 0 Å². The van der Waals surface area contributed by atoms with E-state index in [2.05, 4.69) is 15.0 Å². The first-order valence-corrected chi connectivity index (χ1v) is 9.54. The molecule has 4 rings (SSSR count). The molecule has 1 aliphatic heterocycles. The van der Waals surface area contributed by atoms with Crippen LogP contribution in [0.4, 0.5) is 4.39 Å². The number of benzene rings is 1. The van der Waals surface area contributed by atoms with Gasteiger partial charge in [0.05, 0.1) is 18.8 Å². The average Bonchev–Trinajstić information content (AvgIpc) is 2.79. The van der Waals surface area contributed by atoms with Gasteiger partial charge in [0.2, 0.25) is 5.91 Å². The molecule has 1 amide bonds. The minimum absolute atomic E-state index is 0.0701. The van der Waals surface area contributed by atoms with Gasteiger partial charge in [-0.2, -0.15) is 0 Å². The van der Waals surface area contributed by atoms with Crippen LogP contribution in [0.25, 0.3) is 11.1 Å². The first kappa shape index (κ1) is 19.1. The molecule has 148 valence electrons. The predicted molar refractivity (Wildman–Crippen MR) is 105 cm³/mol. The maximum atomic E-state index is 13.0. The van der Waals surface area contributed by atoms with Crippen LogP contribution in [-0.2, 0) is 16.0 Å². The van der Waals surface area contributed by atoms with Gasteiger partial charge in [-0.3, -0.25) is 9.78 Å². The number of aromatic nitrogens is 3. The molecule has 2 aromatic heterocycles. The molecule has 6 nitrogen and oxygen atoms in total. The van der Waals surface area contributed by atoms with Crippen LogP contribution in [0.2, 0.25) is 0 Å². The lowest BCUT2D eigenvalue weighted by Crippen LogP contribution is -2.42. The molecule has 3 aromatic rings. The van der Waals surface area contributed by atoms with Crippen LogP contribution in [0, 0.1) is 5.82 Å². The number of amides is 1. The number of carbonyl (C=O) groups excluding carboxylic acids is 1. The molecule has 0 saturated carbocycles. The fourth-order valence-corrected chi connectivity index (χ4v) is 3.33. The second-order valence-corrected chi connectivity index (χ2v) is 6.92. The standard InChI is InChI=1S/C22H21FN4O2/c23-19-5-1-16(2-6-19)3-8-22(28)27-9-10-29-21(14-27)20-7-4-17(13-26-20)18-11-24-15-25-12-18/h1-2,4-7,11-13,15,21H,3,8-10,14H2/t21-/m1/s1. The van der Waals surface area contributed by atoms with Crippen molar-refractivity contribution in [3.8, 4) is 11.1 Å². The largest absolute Gasteiger partial charge is 0.368 e. The molecule has 1 saturated heterocycles. The molecule has 0 aliphatic carbocycles. The topological polar surface area (TPSA) is 68.2 Å². The van der Waals surface area contributed by atoms with Crippen molar-refractivity contribution in [2.45, 2.75) is 18.9 Å². The van der Waals surface area contributed by atoms with Crippen molar-refractivity contribution in [3.63, 3.8) is 0 Å². The summed E-state index contributed by atoms with van der Waals surface area (Å²) in [5.74, 6) is -0.199. The summed E-state index contributed by atoms with van der Waals surface area (Å²) in [4.78, 5) is 27.0. The highest BCUT2D eigenvalue weighted by Gasteiger charge is 2.26. The van der Waals surface area contributed by atoms with E-state index >= 15 is 0 Å². The number of ether oxygens (including phenoxy) is 1. The lowest BCUT2D eigenvalue weighted by atomic mass is 10.1. The summed E-state index contributed by atoms with van der Waals surface area (Å²) < 4.78 is 18.8. The Morgan fingerprint density at radius 2 is 1.86 bits per heavy atom. The Bertz CT molecular complexity index is 949. The Morgan fingerprint density at radius 1 is 1.07 bits per heavy atom. The number of aryl methyl sites for hydroxylation is 1. The average molecular weight is 392 g/mol. The van der Waals surface area contributed by atoms with Crippen molar-refractivity contribution < 1.29 is 13.9 Å². The summed E-state index contributed by atoms with van der Waals surface area (Å²) in [6, 6.07) is 10.1. The Hall–Kier alpha value is -3.19. The Kier molecular flexibility index (Phi) is 5.86. The van der Waals surface area contributed by atoms with Gasteiger partial charge in [-0.25, -0.2) is 14.4 Å². The summed E-state index contributed by atoms with van der Waals surface area (Å²) in [5.41, 5.74) is 3.57. The van der Waals surface area contributed by atoms with Crippen LogP contribution in [0.3, 0.4) is 0 Å². The molecule has 29 heavy (non-hydrogen) atoms. The van der Waals surface area contributed by atoms with Crippen molar-refractivity contribution in [2.24, 2.45) is 0 Å². The third-order valence-corrected chi connectivity index (χ3v) is 4.97. The minimum Gasteiger partial charge on any atom is -0.368 e. The molecule has 3 heterocycles. The number of halogens is 1. The van der Waals surface area contributed by atoms with Gasteiger partial charge in [-0.15, -0.1) is 0 Å². The molecule has 1 aromatic carbocycles. The zero-order valence-corrected chi connectivity index (χ0v) is 15.9. The van der Waals surface area contributed by atoms with Gasteiger partial charge in [0.15, 0.2) is 0 Å². The van der Waals surface area contributed by atoms with E-state index in [0.29, 0.717) is 32.5 Å². The number of carbonyl (C=O) groups is 1. The second kappa shape index (κ2) is 8.87. The Labute approximate surface area is 168 Å². The number of hydrogen-bond donors (Lipinski definition) is 0. The molecule has 0 unspecified atom stereocenters. The molecule has 1 atom stereocenters. The number of hydrogen-bond acceptors (Lipinski definition) is 5. The third-order valence-electron chi connectivity index (χ3n) is 4.97. The number of rotatable bonds is 5. The highest BCUT2D eigenvalue weighted by Crippen LogP contribution is 2.24. The maximum Gasteiger partial charge on any atom is 0.223 e. The molecular weight excluding hydrogens is 371 g/mol. The maximum absolute atomic E-state index is 13.0. The van der Waals surface area contributed by atoms with E-state index in [9.17, 15) is 9.18 Å². The molecule has 1 aliphatic rings. The van der Waals surface area contributed by atoms with Crippen LogP contribution in [-0.4, -0.2) is 45.5 Å². The van der Waals surface area contributed by atoms with Gasteiger partial charge in [0.25, 0.3) is 0 Å². The van der Waals surface area contributed by atoms with Gasteiger partial charge < -0.3 is 9.64 Å². The molecule has 1 fully saturated rings. The van der Waals surface area contributed by atoms with Gasteiger partial charge >= 0.3 is 0 Å². The van der Waals surface area contributed by atoms with E-state index in [4.69, 9.17) is 4.74 Å². The molecule has 0 radical (unpaired) electrons. The molecule has 0 N–H and O–H groups in total. The lowest BCUT2D eigenvalue weighted by molar-refractivity contribution is -0.139. The van der Waals surface area contributed by atoms with Gasteiger partial charge in [0.1, 0.15) is 18.2 Å². The monoisotopic (exact) mass is 392 g/mol. The minimum atomic E-state index is -0.269. The molecule has 0 spiro atoms. The van der Waals surface area contributed by atoms with Gasteiger partial charge in [-0.05, 0) is 30.2 Å². The lowest BCUT2D eigenvalue weighted by Gasteiger charge is -2.32. The van der Waals surface area contributed by atoms with Crippen molar-refractivity contribution in [2.75, 3.05) is 19.7 Å². The SMILES string of the molecule is O=C(CCc1ccc(F)cc1)N1CCO[C@@H](c2ccc(-c3cncnc3)cn2)C1. The first-order valence-electron chi connectivity index (χ1n) is 9.54. The molecule has 7 heteroatoms. The van der Waals surface area contributed by atoms with Crippen molar-refractivity contribution in [1.29, 1.82) is 0 Å². The summed E-state index contributed by atoms with van der Waals surface area (Å²) in [7, 11) is 0. The van der Waals surface area contributed by atoms with Crippen molar-refractivity contribution >= 4 is 5.91 Å². The van der Waals surface area contributed by atoms with Crippen LogP contribution < -0.4 is 0 Å². The predicted octanol–water partition coefficient (Wildman–Crippen LogP) is 3.21. The Balaban J connectivity index is 1.36. The summed E-state index contributed by atoms with van der Waals surface area (Å²) in [6.45, 7) is 1.52. The molecular formula is C22H21FN4O2. The smallest absolute Gasteiger partial charge is 0.223 e. The second-order valence-electron chi connectivity index (χ2n) is 6.92. The van der Waals surface area contributed by atoms with Gasteiger partial charge in [-0.1, -0.05) is 18.2 Å². The van der Waals surface area contributed by atoms with E-state index in [0.717, 1.165) is 22.4 Å². The van der Waals surface area contributed by atoms with E-state index in [1.165, 1.54) is 18.5 Å². The summed E-state index contributed by atoms with van der Waals surface area (Å²) in [6.07, 6.45) is 7.46. The summed E-state index contributed by atoms with van der Waals surface area (Å²) in [5, 5.41) is 0. The van der Waals surface area contributed by atoms with E-state index in [1.807, 2.05) is 17.0 Å². The Morgan fingerprint density at radius 3 is 2.59 bits per heavy atom. The van der Waals surface area contributed by atoms with Crippen LogP contribution in [0.15, 0.2) is 61.3 Å². The van der Waals surface area contributed by atoms with Crippen LogP contribution >= 0.6 is 0 Å². The molecule has 0 bridgehead atoms. The highest BCUT2D eigenvalue weighted by atomic mass is 19.1. The van der Waals surface area contributed by atoms with Crippen LogP contribution in [0.1, 0.15) is 23.8 Å². The number of morpholine rings is 1. The normalized spacial score (nSPS) is 16.6. The highest BCUT2D eigenvalue weighted by molar-refractivity contribution is 5.76. The van der Waals surface area contributed by atoms with Crippen molar-refractivity contribution in [1.82, 2.24) is 19.9 Å². The van der Waals surface area contributed by atoms with E-state index in [1.54, 1.807) is 30.7 Å². The third kappa shape index (κ3) is 4.81. The van der Waals surface area contributed by atoms with Gasteiger partial charge in [0, 0.05) is 42.7 Å². The first-order chi connectivity index (χ1) is 14.2. The zero-order valence-electron chi connectivity index (χ0n) is 15.9. The number of pyridine rings is 1. The fourth-order valence-electron chi connectivity index (χ4n) is 3.33. The number of nitrogens with zero attached hydrogens (tertiary/aromatic N) is 4. The van der Waals surface area contributed by atoms with Crippen LogP contribution in [0.5, 0.6) is 0 Å². The fraction of sp³-hybridized carbons (Fsp3) is 0.273. The zero-order chi connectivity index (χ0) is 20.1.